The van der Waals surface area contributed by atoms with Gasteiger partial charge >= 0.3 is 0 Å². The van der Waals surface area contributed by atoms with Gasteiger partial charge in [0.1, 0.15) is 11.5 Å². The second-order valence-electron chi connectivity index (χ2n) is 6.66. The molecule has 3 rings (SSSR count). The number of nitro benzene ring substituents is 1. The molecule has 0 aliphatic heterocycles. The van der Waals surface area contributed by atoms with Gasteiger partial charge in [0, 0.05) is 23.3 Å². The molecule has 0 amide bonds. The van der Waals surface area contributed by atoms with E-state index in [1.54, 1.807) is 50.4 Å². The molecule has 0 saturated heterocycles. The monoisotopic (exact) mass is 391 g/mol. The van der Waals surface area contributed by atoms with E-state index in [1.165, 1.54) is 18.2 Å². The number of ether oxygens (including phenoxy) is 2. The van der Waals surface area contributed by atoms with Crippen LogP contribution in [-0.2, 0) is 0 Å². The molecule has 1 atom stereocenters. The Balaban J connectivity index is 1.93. The number of aryl methyl sites for hydroxylation is 1. The molecule has 0 radical (unpaired) electrons. The van der Waals surface area contributed by atoms with Gasteiger partial charge < -0.3 is 9.47 Å². The molecule has 0 bridgehead atoms. The maximum absolute atomic E-state index is 12.7. The Morgan fingerprint density at radius 1 is 1.00 bits per heavy atom. The van der Waals surface area contributed by atoms with Gasteiger partial charge in [-0.05, 0) is 37.6 Å². The molecular weight excluding hydrogens is 370 g/mol. The molecule has 0 aromatic heterocycles. The third-order valence-corrected chi connectivity index (χ3v) is 4.58. The molecule has 0 N–H and O–H groups in total. The quantitative estimate of drug-likeness (QED) is 0.313. The minimum absolute atomic E-state index is 0.0549. The van der Waals surface area contributed by atoms with E-state index in [9.17, 15) is 14.9 Å². The molecule has 0 unspecified atom stereocenters. The van der Waals surface area contributed by atoms with Crippen molar-refractivity contribution in [1.29, 1.82) is 0 Å². The lowest BCUT2D eigenvalue weighted by Crippen LogP contribution is -2.24. The summed E-state index contributed by atoms with van der Waals surface area (Å²) in [6.07, 6.45) is -0.754. The summed E-state index contributed by atoms with van der Waals surface area (Å²) >= 11 is 0. The average molecular weight is 391 g/mol. The summed E-state index contributed by atoms with van der Waals surface area (Å²) in [7, 11) is 1.56. The van der Waals surface area contributed by atoms with Crippen LogP contribution < -0.4 is 9.47 Å². The van der Waals surface area contributed by atoms with E-state index < -0.39 is 11.0 Å². The fourth-order valence-corrected chi connectivity index (χ4v) is 2.93. The second kappa shape index (κ2) is 8.56. The number of nitrogens with zero attached hydrogens (tertiary/aromatic N) is 1. The smallest absolute Gasteiger partial charge is 0.270 e. The van der Waals surface area contributed by atoms with E-state index >= 15 is 0 Å². The molecule has 0 aliphatic rings. The molecule has 6 nitrogen and oxygen atoms in total. The first kappa shape index (κ1) is 20.1. The predicted octanol–water partition coefficient (Wildman–Crippen LogP) is 5.23. The normalized spacial score (nSPS) is 11.6. The van der Waals surface area contributed by atoms with Crippen molar-refractivity contribution in [3.8, 4) is 22.6 Å². The molecule has 0 saturated carbocycles. The number of nitro groups is 1. The number of hydrogen-bond acceptors (Lipinski definition) is 5. The van der Waals surface area contributed by atoms with Crippen molar-refractivity contribution in [2.75, 3.05) is 7.11 Å². The van der Waals surface area contributed by atoms with Crippen LogP contribution in [0.15, 0.2) is 66.7 Å². The van der Waals surface area contributed by atoms with Gasteiger partial charge in [0.25, 0.3) is 5.69 Å². The zero-order chi connectivity index (χ0) is 21.0. The number of methoxy groups -OCH3 is 1. The highest BCUT2D eigenvalue weighted by molar-refractivity contribution is 5.99. The second-order valence-corrected chi connectivity index (χ2v) is 6.66. The summed E-state index contributed by atoms with van der Waals surface area (Å²) in [4.78, 5) is 23.5. The first-order chi connectivity index (χ1) is 13.9. The van der Waals surface area contributed by atoms with Gasteiger partial charge in [-0.1, -0.05) is 42.0 Å². The highest BCUT2D eigenvalue weighted by Crippen LogP contribution is 2.35. The van der Waals surface area contributed by atoms with Crippen molar-refractivity contribution in [2.45, 2.75) is 20.0 Å². The van der Waals surface area contributed by atoms with Crippen molar-refractivity contribution >= 4 is 11.5 Å². The highest BCUT2D eigenvalue weighted by Gasteiger charge is 2.20. The summed E-state index contributed by atoms with van der Waals surface area (Å²) in [6.45, 7) is 3.62. The van der Waals surface area contributed by atoms with Crippen LogP contribution in [0, 0.1) is 17.0 Å². The van der Waals surface area contributed by atoms with Crippen LogP contribution in [-0.4, -0.2) is 23.9 Å². The number of non-ortho nitro benzene ring substituents is 1. The van der Waals surface area contributed by atoms with Gasteiger partial charge in [0.15, 0.2) is 6.10 Å². The van der Waals surface area contributed by atoms with Crippen LogP contribution in [0.4, 0.5) is 5.69 Å². The van der Waals surface area contributed by atoms with Gasteiger partial charge in [-0.3, -0.25) is 14.9 Å². The molecule has 29 heavy (non-hydrogen) atoms. The van der Waals surface area contributed by atoms with Crippen molar-refractivity contribution in [3.05, 3.63) is 88.0 Å². The lowest BCUT2D eigenvalue weighted by atomic mass is 10.0. The van der Waals surface area contributed by atoms with Crippen LogP contribution in [0.25, 0.3) is 11.1 Å². The minimum atomic E-state index is -0.754. The Morgan fingerprint density at radius 3 is 2.24 bits per heavy atom. The number of benzene rings is 3. The first-order valence-electron chi connectivity index (χ1n) is 9.09. The standard InChI is InChI=1S/C23H21NO5/c1-15-4-6-18(7-5-15)23(25)16(2)29-22-13-10-19(24(26)27)14-21(22)17-8-11-20(28-3)12-9-17/h4-14,16H,1-3H3/t16-/m1/s1. The fourth-order valence-electron chi connectivity index (χ4n) is 2.93. The highest BCUT2D eigenvalue weighted by atomic mass is 16.6. The third-order valence-electron chi connectivity index (χ3n) is 4.58. The summed E-state index contributed by atoms with van der Waals surface area (Å²) in [5.74, 6) is 0.905. The van der Waals surface area contributed by atoms with Crippen molar-refractivity contribution in [3.63, 3.8) is 0 Å². The van der Waals surface area contributed by atoms with E-state index in [1.807, 2.05) is 19.1 Å². The summed E-state index contributed by atoms with van der Waals surface area (Å²) in [6, 6.07) is 18.7. The van der Waals surface area contributed by atoms with Gasteiger partial charge in [0.2, 0.25) is 5.78 Å². The zero-order valence-corrected chi connectivity index (χ0v) is 16.4. The number of Topliss-reactive ketones (excluding diaryl/α,β-unsaturated/α-hetero) is 1. The van der Waals surface area contributed by atoms with Crippen LogP contribution in [0.2, 0.25) is 0 Å². The molecule has 0 heterocycles. The van der Waals surface area contributed by atoms with Gasteiger partial charge in [-0.2, -0.15) is 0 Å². The number of carbonyl (C=O) groups excluding carboxylic acids is 1. The molecule has 6 heteroatoms. The van der Waals surface area contributed by atoms with Crippen LogP contribution >= 0.6 is 0 Å². The zero-order valence-electron chi connectivity index (χ0n) is 16.4. The molecule has 0 aliphatic carbocycles. The summed E-state index contributed by atoms with van der Waals surface area (Å²) < 4.78 is 11.1. The van der Waals surface area contributed by atoms with Crippen molar-refractivity contribution in [2.24, 2.45) is 0 Å². The maximum Gasteiger partial charge on any atom is 0.270 e. The molecule has 0 fully saturated rings. The molecule has 3 aromatic rings. The molecule has 148 valence electrons. The van der Waals surface area contributed by atoms with E-state index in [0.29, 0.717) is 22.6 Å². The predicted molar refractivity (Wildman–Crippen MR) is 111 cm³/mol. The van der Waals surface area contributed by atoms with Gasteiger partial charge in [-0.25, -0.2) is 0 Å². The van der Waals surface area contributed by atoms with E-state index in [2.05, 4.69) is 0 Å². The van der Waals surface area contributed by atoms with Gasteiger partial charge in [0.05, 0.1) is 12.0 Å². The average Bonchev–Trinajstić information content (AvgIpc) is 2.74. The molecule has 3 aromatic carbocycles. The Kier molecular flexibility index (Phi) is 5.93. The SMILES string of the molecule is COc1ccc(-c2cc([N+](=O)[O-])ccc2O[C@H](C)C(=O)c2ccc(C)cc2)cc1. The Labute approximate surface area is 168 Å². The number of ketones is 1. The van der Waals surface area contributed by atoms with E-state index in [0.717, 1.165) is 11.1 Å². The number of carbonyl (C=O) groups is 1. The lowest BCUT2D eigenvalue weighted by Gasteiger charge is -2.17. The summed E-state index contributed by atoms with van der Waals surface area (Å²) in [5, 5.41) is 11.2. The van der Waals surface area contributed by atoms with E-state index in [-0.39, 0.29) is 11.5 Å². The lowest BCUT2D eigenvalue weighted by molar-refractivity contribution is -0.384. The Bertz CT molecular complexity index is 1030. The molecule has 0 spiro atoms. The van der Waals surface area contributed by atoms with Crippen LogP contribution in [0.5, 0.6) is 11.5 Å². The Morgan fingerprint density at radius 2 is 1.66 bits per heavy atom. The number of rotatable bonds is 7. The number of hydrogen-bond donors (Lipinski definition) is 0. The van der Waals surface area contributed by atoms with Crippen LogP contribution in [0.3, 0.4) is 0 Å². The minimum Gasteiger partial charge on any atom is -0.497 e. The maximum atomic E-state index is 12.7. The fraction of sp³-hybridized carbons (Fsp3) is 0.174. The van der Waals surface area contributed by atoms with Gasteiger partial charge in [-0.15, -0.1) is 0 Å². The Hall–Kier alpha value is -3.67. The molecular formula is C23H21NO5. The van der Waals surface area contributed by atoms with Crippen molar-refractivity contribution < 1.29 is 19.2 Å². The topological polar surface area (TPSA) is 78.7 Å². The summed E-state index contributed by atoms with van der Waals surface area (Å²) in [5.41, 5.74) is 2.81. The van der Waals surface area contributed by atoms with E-state index in [4.69, 9.17) is 9.47 Å². The van der Waals surface area contributed by atoms with Crippen molar-refractivity contribution in [1.82, 2.24) is 0 Å². The largest absolute Gasteiger partial charge is 0.497 e. The first-order valence-corrected chi connectivity index (χ1v) is 9.09. The van der Waals surface area contributed by atoms with Crippen LogP contribution in [0.1, 0.15) is 22.8 Å². The third kappa shape index (κ3) is 4.60.